The largest absolute Gasteiger partial charge is 0.383 e. The highest BCUT2D eigenvalue weighted by molar-refractivity contribution is 5.52. The first-order chi connectivity index (χ1) is 7.31. The first kappa shape index (κ1) is 11.7. The van der Waals surface area contributed by atoms with Crippen LogP contribution in [-0.4, -0.2) is 26.8 Å². The number of likely N-dealkylation sites (N-methyl/N-ethyl adjacent to an activating group) is 1. The third-order valence-electron chi connectivity index (χ3n) is 2.27. The number of anilines is 1. The van der Waals surface area contributed by atoms with Crippen molar-refractivity contribution in [2.75, 3.05) is 31.7 Å². The summed E-state index contributed by atoms with van der Waals surface area (Å²) in [6.45, 7) is 4.54. The number of hydrogen-bond donors (Lipinski definition) is 0. The van der Waals surface area contributed by atoms with Gasteiger partial charge < -0.3 is 9.64 Å². The number of ether oxygens (including phenoxy) is 1. The number of benzene rings is 1. The molecule has 0 heterocycles. The van der Waals surface area contributed by atoms with E-state index in [2.05, 4.69) is 17.0 Å². The van der Waals surface area contributed by atoms with E-state index in [4.69, 9.17) is 4.74 Å². The van der Waals surface area contributed by atoms with Crippen LogP contribution in [0, 0.1) is 4.91 Å². The molecule has 0 fully saturated rings. The fourth-order valence-corrected chi connectivity index (χ4v) is 1.40. The third-order valence-corrected chi connectivity index (χ3v) is 2.27. The van der Waals surface area contributed by atoms with Gasteiger partial charge in [-0.15, -0.1) is 4.91 Å². The van der Waals surface area contributed by atoms with Crippen LogP contribution in [0.2, 0.25) is 0 Å². The lowest BCUT2D eigenvalue weighted by atomic mass is 10.2. The zero-order valence-electron chi connectivity index (χ0n) is 9.14. The van der Waals surface area contributed by atoms with E-state index in [0.29, 0.717) is 12.3 Å². The van der Waals surface area contributed by atoms with Gasteiger partial charge in [0, 0.05) is 25.9 Å². The normalized spacial score (nSPS) is 10.0. The summed E-state index contributed by atoms with van der Waals surface area (Å²) in [6, 6.07) is 7.24. The number of nitrogens with zero attached hydrogens (tertiary/aromatic N) is 2. The lowest BCUT2D eigenvalue weighted by Crippen LogP contribution is -2.26. The molecule has 15 heavy (non-hydrogen) atoms. The van der Waals surface area contributed by atoms with Gasteiger partial charge in [-0.3, -0.25) is 0 Å². The summed E-state index contributed by atoms with van der Waals surface area (Å²) in [5.41, 5.74) is 1.54. The molecule has 0 amide bonds. The smallest absolute Gasteiger partial charge is 0.108 e. The van der Waals surface area contributed by atoms with Crippen molar-refractivity contribution in [3.05, 3.63) is 29.2 Å². The molecule has 4 heteroatoms. The second kappa shape index (κ2) is 6.14. The van der Waals surface area contributed by atoms with Crippen molar-refractivity contribution in [1.82, 2.24) is 0 Å². The average molecular weight is 208 g/mol. The van der Waals surface area contributed by atoms with E-state index in [-0.39, 0.29) is 0 Å². The van der Waals surface area contributed by atoms with Crippen LogP contribution in [-0.2, 0) is 4.74 Å². The van der Waals surface area contributed by atoms with Crippen molar-refractivity contribution < 1.29 is 4.74 Å². The van der Waals surface area contributed by atoms with Gasteiger partial charge in [0.2, 0.25) is 0 Å². The summed E-state index contributed by atoms with van der Waals surface area (Å²) in [5.74, 6) is 0. The number of rotatable bonds is 6. The minimum atomic E-state index is 0.460. The number of nitroso groups, excluding NO2 is 1. The summed E-state index contributed by atoms with van der Waals surface area (Å²) < 4.78 is 5.03. The van der Waals surface area contributed by atoms with Crippen LogP contribution in [0.15, 0.2) is 29.4 Å². The van der Waals surface area contributed by atoms with Crippen LogP contribution in [0.5, 0.6) is 0 Å². The second-order valence-corrected chi connectivity index (χ2v) is 3.18. The molecule has 0 spiro atoms. The minimum Gasteiger partial charge on any atom is -0.383 e. The first-order valence-corrected chi connectivity index (χ1v) is 4.99. The van der Waals surface area contributed by atoms with Crippen molar-refractivity contribution in [3.8, 4) is 0 Å². The van der Waals surface area contributed by atoms with E-state index >= 15 is 0 Å². The van der Waals surface area contributed by atoms with Crippen molar-refractivity contribution >= 4 is 11.4 Å². The van der Waals surface area contributed by atoms with E-state index in [9.17, 15) is 4.91 Å². The Morgan fingerprint density at radius 3 is 2.47 bits per heavy atom. The van der Waals surface area contributed by atoms with Gasteiger partial charge in [-0.25, -0.2) is 0 Å². The minimum absolute atomic E-state index is 0.460. The lowest BCUT2D eigenvalue weighted by Gasteiger charge is -2.22. The zero-order chi connectivity index (χ0) is 11.1. The quantitative estimate of drug-likeness (QED) is 0.675. The van der Waals surface area contributed by atoms with E-state index in [1.54, 1.807) is 19.2 Å². The Morgan fingerprint density at radius 2 is 2.00 bits per heavy atom. The van der Waals surface area contributed by atoms with E-state index in [1.165, 1.54) is 0 Å². The Balaban J connectivity index is 2.69. The molecule has 4 nitrogen and oxygen atoms in total. The second-order valence-electron chi connectivity index (χ2n) is 3.18. The highest BCUT2D eigenvalue weighted by Gasteiger charge is 2.03. The number of hydrogen-bond acceptors (Lipinski definition) is 4. The van der Waals surface area contributed by atoms with Crippen molar-refractivity contribution in [2.24, 2.45) is 5.18 Å². The Hall–Kier alpha value is -1.42. The third kappa shape index (κ3) is 3.32. The molecule has 0 aliphatic rings. The topological polar surface area (TPSA) is 41.9 Å². The molecule has 0 atom stereocenters. The molecule has 0 bridgehead atoms. The summed E-state index contributed by atoms with van der Waals surface area (Å²) in [5, 5.41) is 2.87. The fourth-order valence-electron chi connectivity index (χ4n) is 1.40. The summed E-state index contributed by atoms with van der Waals surface area (Å²) in [6.07, 6.45) is 0. The molecular formula is C11H16N2O2. The number of methoxy groups -OCH3 is 1. The Kier molecular flexibility index (Phi) is 4.77. The Bertz CT molecular complexity index is 298. The molecule has 0 radical (unpaired) electrons. The monoisotopic (exact) mass is 208 g/mol. The van der Waals surface area contributed by atoms with Gasteiger partial charge in [0.25, 0.3) is 0 Å². The van der Waals surface area contributed by atoms with Crippen molar-refractivity contribution in [2.45, 2.75) is 6.92 Å². The van der Waals surface area contributed by atoms with Crippen molar-refractivity contribution in [1.29, 1.82) is 0 Å². The fraction of sp³-hybridized carbons (Fsp3) is 0.455. The van der Waals surface area contributed by atoms with Gasteiger partial charge in [0.05, 0.1) is 6.61 Å². The van der Waals surface area contributed by atoms with Gasteiger partial charge in [0.15, 0.2) is 0 Å². The predicted molar refractivity (Wildman–Crippen MR) is 61.7 cm³/mol. The maximum Gasteiger partial charge on any atom is 0.108 e. The summed E-state index contributed by atoms with van der Waals surface area (Å²) in [4.78, 5) is 12.4. The summed E-state index contributed by atoms with van der Waals surface area (Å²) in [7, 11) is 1.69. The molecular weight excluding hydrogens is 192 g/mol. The Morgan fingerprint density at radius 1 is 1.33 bits per heavy atom. The lowest BCUT2D eigenvalue weighted by molar-refractivity contribution is 0.205. The molecule has 82 valence electrons. The Labute approximate surface area is 89.8 Å². The van der Waals surface area contributed by atoms with Gasteiger partial charge in [-0.2, -0.15) is 0 Å². The van der Waals surface area contributed by atoms with E-state index < -0.39 is 0 Å². The van der Waals surface area contributed by atoms with Gasteiger partial charge in [-0.1, -0.05) is 0 Å². The first-order valence-electron chi connectivity index (χ1n) is 4.99. The molecule has 0 aliphatic heterocycles. The van der Waals surface area contributed by atoms with Crippen LogP contribution in [0.4, 0.5) is 11.4 Å². The molecule has 1 aromatic rings. The van der Waals surface area contributed by atoms with Gasteiger partial charge >= 0.3 is 0 Å². The molecule has 1 rings (SSSR count). The van der Waals surface area contributed by atoms with Crippen molar-refractivity contribution in [3.63, 3.8) is 0 Å². The maximum atomic E-state index is 10.2. The van der Waals surface area contributed by atoms with Crippen LogP contribution in [0.1, 0.15) is 6.92 Å². The molecule has 0 saturated heterocycles. The molecule has 0 aromatic heterocycles. The van der Waals surface area contributed by atoms with E-state index in [0.717, 1.165) is 18.8 Å². The van der Waals surface area contributed by atoms with Gasteiger partial charge in [-0.05, 0) is 36.4 Å². The van der Waals surface area contributed by atoms with Crippen LogP contribution < -0.4 is 4.90 Å². The molecule has 0 unspecified atom stereocenters. The molecule has 1 aromatic carbocycles. The van der Waals surface area contributed by atoms with Gasteiger partial charge in [0.1, 0.15) is 5.69 Å². The van der Waals surface area contributed by atoms with Crippen LogP contribution >= 0.6 is 0 Å². The van der Waals surface area contributed by atoms with E-state index in [1.807, 2.05) is 12.1 Å². The molecule has 0 N–H and O–H groups in total. The molecule has 0 aliphatic carbocycles. The average Bonchev–Trinajstić information content (AvgIpc) is 2.31. The highest BCUT2D eigenvalue weighted by Crippen LogP contribution is 2.19. The zero-order valence-corrected chi connectivity index (χ0v) is 9.14. The highest BCUT2D eigenvalue weighted by atomic mass is 16.5. The SMILES string of the molecule is CCN(CCOC)c1ccc(N=O)cc1. The van der Waals surface area contributed by atoms with Crippen LogP contribution in [0.3, 0.4) is 0 Å². The molecule has 0 saturated carbocycles. The predicted octanol–water partition coefficient (Wildman–Crippen LogP) is 2.56. The maximum absolute atomic E-state index is 10.2. The van der Waals surface area contributed by atoms with Crippen LogP contribution in [0.25, 0.3) is 0 Å². The summed E-state index contributed by atoms with van der Waals surface area (Å²) >= 11 is 0. The standard InChI is InChI=1S/C11H16N2O2/c1-3-13(8-9-15-2)11-6-4-10(12-14)5-7-11/h4-7H,3,8-9H2,1-2H3.